The zero-order valence-electron chi connectivity index (χ0n) is 13.9. The van der Waals surface area contributed by atoms with Gasteiger partial charge in [0.1, 0.15) is 10.8 Å². The minimum absolute atomic E-state index is 0.199. The number of nitrogens with zero attached hydrogens (tertiary/aromatic N) is 2. The van der Waals surface area contributed by atoms with E-state index in [-0.39, 0.29) is 5.91 Å². The van der Waals surface area contributed by atoms with Gasteiger partial charge in [-0.15, -0.1) is 10.2 Å². The summed E-state index contributed by atoms with van der Waals surface area (Å²) in [6.45, 7) is 2.60. The number of hydrogen-bond donors (Lipinski definition) is 1. The van der Waals surface area contributed by atoms with Crippen LogP contribution in [0.1, 0.15) is 27.9 Å². The lowest BCUT2D eigenvalue weighted by Crippen LogP contribution is -2.11. The van der Waals surface area contributed by atoms with Crippen LogP contribution in [-0.4, -0.2) is 22.7 Å². The van der Waals surface area contributed by atoms with Crippen molar-refractivity contribution in [2.75, 3.05) is 11.9 Å². The van der Waals surface area contributed by atoms with Gasteiger partial charge in [0.05, 0.1) is 6.61 Å². The van der Waals surface area contributed by atoms with E-state index in [1.165, 1.54) is 16.9 Å². The molecule has 0 fully saturated rings. The molecule has 0 aliphatic heterocycles. The molecule has 0 saturated heterocycles. The monoisotopic (exact) mass is 353 g/mol. The van der Waals surface area contributed by atoms with Crippen molar-refractivity contribution in [2.45, 2.75) is 19.8 Å². The molecule has 1 aromatic heterocycles. The summed E-state index contributed by atoms with van der Waals surface area (Å²) in [7, 11) is 0. The van der Waals surface area contributed by atoms with E-state index < -0.39 is 0 Å². The number of aromatic nitrogens is 2. The second kappa shape index (κ2) is 8.39. The highest BCUT2D eigenvalue weighted by Gasteiger charge is 2.09. The number of carbonyl (C=O) groups is 1. The van der Waals surface area contributed by atoms with Crippen LogP contribution in [0.5, 0.6) is 5.75 Å². The Morgan fingerprint density at radius 1 is 1.08 bits per heavy atom. The lowest BCUT2D eigenvalue weighted by Gasteiger charge is -2.07. The molecule has 0 aliphatic carbocycles. The summed E-state index contributed by atoms with van der Waals surface area (Å²) in [5.41, 5.74) is 1.80. The van der Waals surface area contributed by atoms with Crippen molar-refractivity contribution in [1.29, 1.82) is 0 Å². The molecule has 3 aromatic rings. The first kappa shape index (κ1) is 17.1. The van der Waals surface area contributed by atoms with Crippen LogP contribution in [0.25, 0.3) is 0 Å². The molecule has 128 valence electrons. The molecule has 3 rings (SSSR count). The summed E-state index contributed by atoms with van der Waals surface area (Å²) < 4.78 is 5.73. The molecular weight excluding hydrogens is 334 g/mol. The molecule has 1 N–H and O–H groups in total. The number of nitrogens with one attached hydrogen (secondary N) is 1. The molecule has 6 heteroatoms. The average Bonchev–Trinajstić information content (AvgIpc) is 3.11. The van der Waals surface area contributed by atoms with Gasteiger partial charge in [0, 0.05) is 12.0 Å². The number of carbonyl (C=O) groups excluding carboxylic acids is 1. The normalized spacial score (nSPS) is 10.4. The zero-order chi connectivity index (χ0) is 17.5. The van der Waals surface area contributed by atoms with Gasteiger partial charge in [-0.1, -0.05) is 48.6 Å². The molecule has 1 amide bonds. The Hall–Kier alpha value is -2.73. The third kappa shape index (κ3) is 4.87. The van der Waals surface area contributed by atoms with Gasteiger partial charge in [-0.2, -0.15) is 0 Å². The Morgan fingerprint density at radius 2 is 1.84 bits per heavy atom. The maximum absolute atomic E-state index is 12.2. The van der Waals surface area contributed by atoms with Crippen LogP contribution < -0.4 is 10.1 Å². The van der Waals surface area contributed by atoms with Crippen molar-refractivity contribution in [3.8, 4) is 5.75 Å². The second-order valence-corrected chi connectivity index (χ2v) is 6.48. The molecule has 0 bridgehead atoms. The van der Waals surface area contributed by atoms with Crippen molar-refractivity contribution >= 4 is 22.4 Å². The summed E-state index contributed by atoms with van der Waals surface area (Å²) in [6.07, 6.45) is 1.66. The number of hydrogen-bond acceptors (Lipinski definition) is 5. The van der Waals surface area contributed by atoms with E-state index in [0.717, 1.165) is 23.6 Å². The molecular formula is C19H19N3O2S. The molecule has 5 nitrogen and oxygen atoms in total. The number of benzene rings is 2. The van der Waals surface area contributed by atoms with E-state index in [1.54, 1.807) is 24.3 Å². The van der Waals surface area contributed by atoms with Crippen molar-refractivity contribution in [3.63, 3.8) is 0 Å². The van der Waals surface area contributed by atoms with Crippen molar-refractivity contribution in [3.05, 3.63) is 70.7 Å². The van der Waals surface area contributed by atoms with E-state index in [4.69, 9.17) is 4.74 Å². The van der Waals surface area contributed by atoms with Crippen LogP contribution in [0.15, 0.2) is 54.6 Å². The van der Waals surface area contributed by atoms with Gasteiger partial charge in [0.25, 0.3) is 5.91 Å². The fourth-order valence-corrected chi connectivity index (χ4v) is 2.92. The fourth-order valence-electron chi connectivity index (χ4n) is 2.25. The van der Waals surface area contributed by atoms with Crippen LogP contribution >= 0.6 is 11.3 Å². The Morgan fingerprint density at radius 3 is 2.52 bits per heavy atom. The van der Waals surface area contributed by atoms with E-state index in [9.17, 15) is 4.79 Å². The first-order valence-electron chi connectivity index (χ1n) is 8.15. The predicted octanol–water partition coefficient (Wildman–Crippen LogP) is 3.97. The molecule has 0 spiro atoms. The third-order valence-corrected chi connectivity index (χ3v) is 4.59. The minimum Gasteiger partial charge on any atom is -0.493 e. The quantitative estimate of drug-likeness (QED) is 0.698. The highest BCUT2D eigenvalue weighted by Crippen LogP contribution is 2.18. The molecule has 1 heterocycles. The summed E-state index contributed by atoms with van der Waals surface area (Å²) in [6, 6.07) is 17.3. The van der Waals surface area contributed by atoms with E-state index in [0.29, 0.717) is 17.3 Å². The summed E-state index contributed by atoms with van der Waals surface area (Å²) >= 11 is 1.39. The van der Waals surface area contributed by atoms with Crippen LogP contribution in [0.3, 0.4) is 0 Å². The summed E-state index contributed by atoms with van der Waals surface area (Å²) in [4.78, 5) is 12.2. The number of ether oxygens (including phenoxy) is 1. The number of aryl methyl sites for hydroxylation is 1. The SMILES string of the molecule is CCc1nnc(NC(=O)c2ccc(OCCc3ccccc3)cc2)s1. The van der Waals surface area contributed by atoms with Gasteiger partial charge in [-0.05, 0) is 36.2 Å². The van der Waals surface area contributed by atoms with Gasteiger partial charge in [-0.25, -0.2) is 0 Å². The number of anilines is 1. The van der Waals surface area contributed by atoms with Crippen LogP contribution in [0.4, 0.5) is 5.13 Å². The van der Waals surface area contributed by atoms with Crippen molar-refractivity contribution in [1.82, 2.24) is 10.2 Å². The molecule has 25 heavy (non-hydrogen) atoms. The average molecular weight is 353 g/mol. The van der Waals surface area contributed by atoms with Crippen LogP contribution in [-0.2, 0) is 12.8 Å². The van der Waals surface area contributed by atoms with Crippen LogP contribution in [0, 0.1) is 0 Å². The zero-order valence-corrected chi connectivity index (χ0v) is 14.8. The number of amides is 1. The molecule has 0 radical (unpaired) electrons. The Labute approximate surface area is 150 Å². The highest BCUT2D eigenvalue weighted by molar-refractivity contribution is 7.15. The second-order valence-electron chi connectivity index (χ2n) is 5.42. The molecule has 0 aliphatic rings. The Kier molecular flexibility index (Phi) is 5.74. The van der Waals surface area contributed by atoms with E-state index in [2.05, 4.69) is 27.6 Å². The molecule has 0 unspecified atom stereocenters. The predicted molar refractivity (Wildman–Crippen MR) is 99.3 cm³/mol. The number of rotatable bonds is 7. The maximum Gasteiger partial charge on any atom is 0.257 e. The molecule has 0 saturated carbocycles. The first-order valence-corrected chi connectivity index (χ1v) is 8.97. The highest BCUT2D eigenvalue weighted by atomic mass is 32.1. The Bertz CT molecular complexity index is 816. The maximum atomic E-state index is 12.2. The van der Waals surface area contributed by atoms with Crippen molar-refractivity contribution in [2.24, 2.45) is 0 Å². The van der Waals surface area contributed by atoms with Gasteiger partial charge in [0.15, 0.2) is 0 Å². The van der Waals surface area contributed by atoms with E-state index >= 15 is 0 Å². The van der Waals surface area contributed by atoms with Crippen LogP contribution in [0.2, 0.25) is 0 Å². The van der Waals surface area contributed by atoms with Gasteiger partial charge in [0.2, 0.25) is 5.13 Å². The van der Waals surface area contributed by atoms with Gasteiger partial charge < -0.3 is 4.74 Å². The van der Waals surface area contributed by atoms with Crippen molar-refractivity contribution < 1.29 is 9.53 Å². The minimum atomic E-state index is -0.199. The standard InChI is InChI=1S/C19H19N3O2S/c1-2-17-21-22-19(25-17)20-18(23)15-8-10-16(11-9-15)24-13-12-14-6-4-3-5-7-14/h3-11H,2,12-13H2,1H3,(H,20,22,23). The lowest BCUT2D eigenvalue weighted by molar-refractivity contribution is 0.102. The Balaban J connectivity index is 1.51. The van der Waals surface area contributed by atoms with Gasteiger partial charge >= 0.3 is 0 Å². The van der Waals surface area contributed by atoms with Gasteiger partial charge in [-0.3, -0.25) is 10.1 Å². The van der Waals surface area contributed by atoms with E-state index in [1.807, 2.05) is 25.1 Å². The topological polar surface area (TPSA) is 64.1 Å². The first-order chi connectivity index (χ1) is 12.2. The molecule has 0 atom stereocenters. The fraction of sp³-hybridized carbons (Fsp3) is 0.211. The third-order valence-electron chi connectivity index (χ3n) is 3.61. The lowest BCUT2D eigenvalue weighted by atomic mass is 10.2. The largest absolute Gasteiger partial charge is 0.493 e. The summed E-state index contributed by atoms with van der Waals surface area (Å²) in [5, 5.41) is 12.1. The summed E-state index contributed by atoms with van der Waals surface area (Å²) in [5.74, 6) is 0.548. The smallest absolute Gasteiger partial charge is 0.257 e. The molecule has 2 aromatic carbocycles.